The van der Waals surface area contributed by atoms with Crippen LogP contribution in [-0.4, -0.2) is 25.2 Å². The average molecular weight is 181 g/mol. The van der Waals surface area contributed by atoms with Crippen LogP contribution in [0.5, 0.6) is 0 Å². The van der Waals surface area contributed by atoms with Crippen LogP contribution in [0.25, 0.3) is 0 Å². The van der Waals surface area contributed by atoms with Gasteiger partial charge in [0.25, 0.3) is 0 Å². The van der Waals surface area contributed by atoms with Gasteiger partial charge in [0.1, 0.15) is 0 Å². The van der Waals surface area contributed by atoms with Crippen molar-refractivity contribution >= 4 is 5.69 Å². The molecule has 13 heavy (non-hydrogen) atoms. The van der Waals surface area contributed by atoms with Gasteiger partial charge in [-0.05, 0) is 6.07 Å². The van der Waals surface area contributed by atoms with Gasteiger partial charge in [-0.3, -0.25) is 4.98 Å². The van der Waals surface area contributed by atoms with Crippen molar-refractivity contribution in [3.05, 3.63) is 24.0 Å². The summed E-state index contributed by atoms with van der Waals surface area (Å²) in [4.78, 5) is 3.99. The zero-order valence-corrected chi connectivity index (χ0v) is 7.79. The molecule has 1 rings (SSSR count). The highest BCUT2D eigenvalue weighted by molar-refractivity contribution is 5.49. The van der Waals surface area contributed by atoms with Gasteiger partial charge in [-0.15, -0.1) is 0 Å². The monoisotopic (exact) mass is 181 g/mol. The number of pyridine rings is 1. The van der Waals surface area contributed by atoms with Gasteiger partial charge < -0.3 is 15.8 Å². The number of aromatic nitrogens is 1. The van der Waals surface area contributed by atoms with Crippen molar-refractivity contribution in [3.63, 3.8) is 0 Å². The first-order valence-electron chi connectivity index (χ1n) is 4.24. The number of nitrogens with two attached hydrogens (primary N) is 1. The molecule has 0 fully saturated rings. The number of rotatable bonds is 5. The SMILES string of the molecule is COCCNc1ccncc1CN. The molecular formula is C9H15N3O. The lowest BCUT2D eigenvalue weighted by Crippen LogP contribution is -2.10. The molecule has 0 saturated carbocycles. The summed E-state index contributed by atoms with van der Waals surface area (Å²) >= 11 is 0. The molecule has 0 spiro atoms. The van der Waals surface area contributed by atoms with Gasteiger partial charge >= 0.3 is 0 Å². The van der Waals surface area contributed by atoms with E-state index in [1.165, 1.54) is 0 Å². The highest BCUT2D eigenvalue weighted by atomic mass is 16.5. The molecule has 0 unspecified atom stereocenters. The van der Waals surface area contributed by atoms with Crippen LogP contribution in [-0.2, 0) is 11.3 Å². The van der Waals surface area contributed by atoms with E-state index in [0.717, 1.165) is 17.8 Å². The molecular weight excluding hydrogens is 166 g/mol. The number of nitrogens with zero attached hydrogens (tertiary/aromatic N) is 1. The summed E-state index contributed by atoms with van der Waals surface area (Å²) in [5.41, 5.74) is 7.61. The third kappa shape index (κ3) is 3.01. The maximum absolute atomic E-state index is 5.54. The van der Waals surface area contributed by atoms with Crippen LogP contribution in [0, 0.1) is 0 Å². The first kappa shape index (κ1) is 9.95. The number of hydrogen-bond donors (Lipinski definition) is 2. The molecule has 1 aromatic heterocycles. The Morgan fingerprint density at radius 2 is 2.46 bits per heavy atom. The molecule has 0 saturated heterocycles. The smallest absolute Gasteiger partial charge is 0.0635 e. The number of anilines is 1. The predicted octanol–water partition coefficient (Wildman–Crippen LogP) is 0.599. The fourth-order valence-corrected chi connectivity index (χ4v) is 1.05. The minimum atomic E-state index is 0.503. The summed E-state index contributed by atoms with van der Waals surface area (Å²) in [6.07, 6.45) is 3.52. The largest absolute Gasteiger partial charge is 0.383 e. The first-order valence-corrected chi connectivity index (χ1v) is 4.24. The molecule has 0 atom stereocenters. The summed E-state index contributed by atoms with van der Waals surface area (Å²) in [6, 6.07) is 1.91. The summed E-state index contributed by atoms with van der Waals surface area (Å²) in [7, 11) is 1.68. The van der Waals surface area contributed by atoms with E-state index in [2.05, 4.69) is 10.3 Å². The molecule has 1 heterocycles. The van der Waals surface area contributed by atoms with Crippen molar-refractivity contribution in [1.29, 1.82) is 0 Å². The number of ether oxygens (including phenoxy) is 1. The molecule has 4 heteroatoms. The predicted molar refractivity (Wildman–Crippen MR) is 52.5 cm³/mol. The average Bonchev–Trinajstić information content (AvgIpc) is 2.19. The minimum absolute atomic E-state index is 0.503. The lowest BCUT2D eigenvalue weighted by atomic mass is 10.2. The van der Waals surface area contributed by atoms with E-state index < -0.39 is 0 Å². The Morgan fingerprint density at radius 1 is 1.62 bits per heavy atom. The Labute approximate surface area is 78.1 Å². The van der Waals surface area contributed by atoms with Crippen LogP contribution in [0.4, 0.5) is 5.69 Å². The molecule has 0 aromatic carbocycles. The van der Waals surface area contributed by atoms with Gasteiger partial charge in [0.2, 0.25) is 0 Å². The summed E-state index contributed by atoms with van der Waals surface area (Å²) in [5, 5.41) is 3.22. The van der Waals surface area contributed by atoms with Crippen molar-refractivity contribution in [2.24, 2.45) is 5.73 Å². The second-order valence-electron chi connectivity index (χ2n) is 2.66. The zero-order valence-electron chi connectivity index (χ0n) is 7.79. The third-order valence-electron chi connectivity index (χ3n) is 1.75. The Hall–Kier alpha value is -1.13. The summed E-state index contributed by atoms with van der Waals surface area (Å²) in [6.45, 7) is 1.98. The van der Waals surface area contributed by atoms with Crippen molar-refractivity contribution in [3.8, 4) is 0 Å². The number of hydrogen-bond acceptors (Lipinski definition) is 4. The maximum Gasteiger partial charge on any atom is 0.0635 e. The van der Waals surface area contributed by atoms with E-state index in [-0.39, 0.29) is 0 Å². The number of methoxy groups -OCH3 is 1. The van der Waals surface area contributed by atoms with Gasteiger partial charge in [-0.2, -0.15) is 0 Å². The quantitative estimate of drug-likeness (QED) is 0.653. The van der Waals surface area contributed by atoms with E-state index in [1.54, 1.807) is 19.5 Å². The Bertz CT molecular complexity index is 252. The highest BCUT2D eigenvalue weighted by Crippen LogP contribution is 2.11. The Morgan fingerprint density at radius 3 is 3.15 bits per heavy atom. The second kappa shape index (κ2) is 5.50. The van der Waals surface area contributed by atoms with Crippen LogP contribution in [0.15, 0.2) is 18.5 Å². The van der Waals surface area contributed by atoms with Crippen LogP contribution in [0.2, 0.25) is 0 Å². The van der Waals surface area contributed by atoms with Crippen molar-refractivity contribution in [2.45, 2.75) is 6.54 Å². The highest BCUT2D eigenvalue weighted by Gasteiger charge is 1.98. The lowest BCUT2D eigenvalue weighted by Gasteiger charge is -2.09. The first-order chi connectivity index (χ1) is 6.38. The number of nitrogens with one attached hydrogen (secondary N) is 1. The minimum Gasteiger partial charge on any atom is -0.383 e. The molecule has 4 nitrogen and oxygen atoms in total. The van der Waals surface area contributed by atoms with E-state index >= 15 is 0 Å². The molecule has 3 N–H and O–H groups in total. The molecule has 1 aromatic rings. The van der Waals surface area contributed by atoms with Gasteiger partial charge in [0.05, 0.1) is 6.61 Å². The second-order valence-corrected chi connectivity index (χ2v) is 2.66. The molecule has 0 amide bonds. The van der Waals surface area contributed by atoms with Gasteiger partial charge in [-0.25, -0.2) is 0 Å². The van der Waals surface area contributed by atoms with Crippen molar-refractivity contribution in [1.82, 2.24) is 4.98 Å². The third-order valence-corrected chi connectivity index (χ3v) is 1.75. The fraction of sp³-hybridized carbons (Fsp3) is 0.444. The normalized spacial score (nSPS) is 10.0. The fourth-order valence-electron chi connectivity index (χ4n) is 1.05. The van der Waals surface area contributed by atoms with Crippen LogP contribution in [0.3, 0.4) is 0 Å². The standard InChI is InChI=1S/C9H15N3O/c1-13-5-4-12-9-2-3-11-7-8(9)6-10/h2-3,7H,4-6,10H2,1H3,(H,11,12). The van der Waals surface area contributed by atoms with E-state index in [0.29, 0.717) is 13.2 Å². The molecule has 0 aliphatic carbocycles. The van der Waals surface area contributed by atoms with E-state index in [4.69, 9.17) is 10.5 Å². The van der Waals surface area contributed by atoms with Crippen LogP contribution in [0.1, 0.15) is 5.56 Å². The van der Waals surface area contributed by atoms with E-state index in [9.17, 15) is 0 Å². The maximum atomic E-state index is 5.54. The van der Waals surface area contributed by atoms with Gasteiger partial charge in [-0.1, -0.05) is 0 Å². The molecule has 0 aliphatic heterocycles. The van der Waals surface area contributed by atoms with Gasteiger partial charge in [0.15, 0.2) is 0 Å². The lowest BCUT2D eigenvalue weighted by molar-refractivity contribution is 0.211. The molecule has 72 valence electrons. The molecule has 0 bridgehead atoms. The van der Waals surface area contributed by atoms with E-state index in [1.807, 2.05) is 6.07 Å². The Balaban J connectivity index is 2.54. The van der Waals surface area contributed by atoms with Crippen molar-refractivity contribution in [2.75, 3.05) is 25.6 Å². The molecule has 0 aliphatic rings. The van der Waals surface area contributed by atoms with Gasteiger partial charge in [0, 0.05) is 43.8 Å². The molecule has 0 radical (unpaired) electrons. The summed E-state index contributed by atoms with van der Waals surface area (Å²) in [5.74, 6) is 0. The Kier molecular flexibility index (Phi) is 4.21. The van der Waals surface area contributed by atoms with Crippen LogP contribution < -0.4 is 11.1 Å². The van der Waals surface area contributed by atoms with Crippen molar-refractivity contribution < 1.29 is 4.74 Å². The topological polar surface area (TPSA) is 60.2 Å². The van der Waals surface area contributed by atoms with Crippen LogP contribution >= 0.6 is 0 Å². The summed E-state index contributed by atoms with van der Waals surface area (Å²) < 4.78 is 4.93. The zero-order chi connectivity index (χ0) is 9.52.